The van der Waals surface area contributed by atoms with Crippen LogP contribution in [0.1, 0.15) is 62.0 Å². The third kappa shape index (κ3) is 8.06. The summed E-state index contributed by atoms with van der Waals surface area (Å²) in [4.78, 5) is 3.08. The first-order valence-electron chi connectivity index (χ1n) is 13.1. The Balaban J connectivity index is 1.09. The van der Waals surface area contributed by atoms with Gasteiger partial charge >= 0.3 is 0 Å². The monoisotopic (exact) mass is 511 g/mol. The second kappa shape index (κ2) is 12.9. The zero-order valence-corrected chi connectivity index (χ0v) is 22.2. The van der Waals surface area contributed by atoms with E-state index in [1.807, 2.05) is 36.4 Å². The molecule has 2 aliphatic rings. The van der Waals surface area contributed by atoms with Crippen LogP contribution in [-0.2, 0) is 16.3 Å². The quantitative estimate of drug-likeness (QED) is 0.299. The van der Waals surface area contributed by atoms with Gasteiger partial charge in [0.2, 0.25) is 0 Å². The van der Waals surface area contributed by atoms with Crippen molar-refractivity contribution in [3.63, 3.8) is 0 Å². The molecule has 1 aliphatic heterocycles. The molecular formula is C30H38ClNO2S. The molecule has 0 N–H and O–H groups in total. The molecule has 1 fully saturated rings. The second-order valence-corrected chi connectivity index (χ2v) is 12.6. The molecule has 5 heteroatoms. The van der Waals surface area contributed by atoms with Gasteiger partial charge in [0.15, 0.2) is 9.84 Å². The number of hydrogen-bond acceptors (Lipinski definition) is 3. The summed E-state index contributed by atoms with van der Waals surface area (Å²) < 4.78 is 25.5. The van der Waals surface area contributed by atoms with Crippen molar-refractivity contribution in [2.45, 2.75) is 57.3 Å². The molecule has 0 spiro atoms. The van der Waals surface area contributed by atoms with Crippen LogP contribution in [0.4, 0.5) is 0 Å². The van der Waals surface area contributed by atoms with E-state index >= 15 is 0 Å². The molecule has 2 aromatic carbocycles. The molecule has 188 valence electrons. The number of hydrogen-bond donors (Lipinski definition) is 0. The van der Waals surface area contributed by atoms with Crippen LogP contribution in [0.15, 0.2) is 77.7 Å². The Morgan fingerprint density at radius 2 is 1.60 bits per heavy atom. The number of nitrogens with zero attached hydrogens (tertiary/aromatic N) is 1. The van der Waals surface area contributed by atoms with E-state index < -0.39 is 9.84 Å². The highest BCUT2D eigenvalue weighted by Crippen LogP contribution is 2.30. The van der Waals surface area contributed by atoms with E-state index in [9.17, 15) is 8.42 Å². The van der Waals surface area contributed by atoms with Gasteiger partial charge in [-0.1, -0.05) is 79.1 Å². The summed E-state index contributed by atoms with van der Waals surface area (Å²) in [5, 5.41) is 0.718. The highest BCUT2D eigenvalue weighted by atomic mass is 35.5. The van der Waals surface area contributed by atoms with Crippen LogP contribution in [0.5, 0.6) is 0 Å². The van der Waals surface area contributed by atoms with Crippen molar-refractivity contribution in [2.75, 3.05) is 25.4 Å². The Morgan fingerprint density at radius 1 is 0.886 bits per heavy atom. The average molecular weight is 512 g/mol. The predicted molar refractivity (Wildman–Crippen MR) is 148 cm³/mol. The Kier molecular flexibility index (Phi) is 9.65. The lowest BCUT2D eigenvalue weighted by atomic mass is 9.90. The van der Waals surface area contributed by atoms with Crippen molar-refractivity contribution in [3.8, 4) is 0 Å². The van der Waals surface area contributed by atoms with Crippen molar-refractivity contribution < 1.29 is 8.42 Å². The molecule has 0 bridgehead atoms. The lowest BCUT2D eigenvalue weighted by molar-refractivity contribution is 0.181. The van der Waals surface area contributed by atoms with Gasteiger partial charge in [0.25, 0.3) is 0 Å². The molecule has 1 unspecified atom stereocenters. The number of likely N-dealkylation sites (tertiary alicyclic amines) is 1. The van der Waals surface area contributed by atoms with Crippen LogP contribution in [0.25, 0.3) is 0 Å². The lowest BCUT2D eigenvalue weighted by Gasteiger charge is -2.32. The molecule has 1 heterocycles. The Bertz CT molecular complexity index is 1080. The van der Waals surface area contributed by atoms with Crippen molar-refractivity contribution in [2.24, 2.45) is 5.92 Å². The van der Waals surface area contributed by atoms with Crippen molar-refractivity contribution >= 4 is 21.4 Å². The molecule has 1 saturated heterocycles. The van der Waals surface area contributed by atoms with Gasteiger partial charge in [-0.05, 0) is 93.4 Å². The van der Waals surface area contributed by atoms with E-state index in [1.165, 1.54) is 43.5 Å². The summed E-state index contributed by atoms with van der Waals surface area (Å²) >= 11 is 5.97. The summed E-state index contributed by atoms with van der Waals surface area (Å²) in [6.07, 6.45) is 14.2. The summed E-state index contributed by atoms with van der Waals surface area (Å²) in [7, 11) is -3.19. The minimum Gasteiger partial charge on any atom is -0.303 e. The summed E-state index contributed by atoms with van der Waals surface area (Å²) in [5.74, 6) is 1.28. The van der Waals surface area contributed by atoms with Gasteiger partial charge in [0.1, 0.15) is 0 Å². The van der Waals surface area contributed by atoms with Gasteiger partial charge in [-0.2, -0.15) is 0 Å². The minimum absolute atomic E-state index is 0.217. The van der Waals surface area contributed by atoms with Gasteiger partial charge < -0.3 is 4.90 Å². The van der Waals surface area contributed by atoms with Crippen LogP contribution in [0, 0.1) is 5.92 Å². The van der Waals surface area contributed by atoms with Gasteiger partial charge in [0.05, 0.1) is 10.7 Å². The fraction of sp³-hybridized carbons (Fsp3) is 0.467. The zero-order valence-electron chi connectivity index (χ0n) is 20.6. The largest absolute Gasteiger partial charge is 0.303 e. The van der Waals surface area contributed by atoms with E-state index in [2.05, 4.69) is 35.2 Å². The maximum Gasteiger partial charge on any atom is 0.178 e. The van der Waals surface area contributed by atoms with Crippen molar-refractivity contribution in [1.82, 2.24) is 4.90 Å². The molecule has 3 nitrogen and oxygen atoms in total. The Morgan fingerprint density at radius 3 is 2.29 bits per heavy atom. The van der Waals surface area contributed by atoms with Crippen molar-refractivity contribution in [1.29, 1.82) is 0 Å². The van der Waals surface area contributed by atoms with E-state index in [1.54, 1.807) is 6.08 Å². The van der Waals surface area contributed by atoms with Gasteiger partial charge in [0, 0.05) is 10.9 Å². The van der Waals surface area contributed by atoms with E-state index in [-0.39, 0.29) is 11.7 Å². The number of allylic oxidation sites excluding steroid dienone is 3. The first-order chi connectivity index (χ1) is 17.0. The number of benzene rings is 2. The van der Waals surface area contributed by atoms with Crippen LogP contribution in [0.2, 0.25) is 5.02 Å². The molecule has 0 amide bonds. The SMILES string of the molecule is O=S(=O)(CCCCCCN1CCC(Cc2ccccc2)CC1)C1=CCC(c2ccc(Cl)cc2)C=C1. The molecule has 1 aliphatic carbocycles. The number of rotatable bonds is 11. The normalized spacial score (nSPS) is 19.6. The van der Waals surface area contributed by atoms with Crippen LogP contribution < -0.4 is 0 Å². The van der Waals surface area contributed by atoms with Crippen LogP contribution >= 0.6 is 11.6 Å². The van der Waals surface area contributed by atoms with Gasteiger partial charge in [-0.15, -0.1) is 0 Å². The summed E-state index contributed by atoms with van der Waals surface area (Å²) in [5.41, 5.74) is 2.63. The highest BCUT2D eigenvalue weighted by molar-refractivity contribution is 7.95. The first kappa shape index (κ1) is 26.2. The summed E-state index contributed by atoms with van der Waals surface area (Å²) in [6.45, 7) is 3.54. The molecule has 4 rings (SSSR count). The van der Waals surface area contributed by atoms with Gasteiger partial charge in [-0.3, -0.25) is 0 Å². The second-order valence-electron chi connectivity index (χ2n) is 10.1. The molecule has 1 atom stereocenters. The molecular weight excluding hydrogens is 474 g/mol. The smallest absolute Gasteiger partial charge is 0.178 e. The van der Waals surface area contributed by atoms with Crippen molar-refractivity contribution in [3.05, 3.63) is 93.9 Å². The third-order valence-corrected chi connectivity index (χ3v) is 9.53. The third-order valence-electron chi connectivity index (χ3n) is 7.43. The molecule has 2 aromatic rings. The summed E-state index contributed by atoms with van der Waals surface area (Å²) in [6, 6.07) is 18.6. The first-order valence-corrected chi connectivity index (χ1v) is 15.2. The fourth-order valence-corrected chi connectivity index (χ4v) is 6.83. The van der Waals surface area contributed by atoms with Crippen LogP contribution in [0.3, 0.4) is 0 Å². The number of unbranched alkanes of at least 4 members (excludes halogenated alkanes) is 3. The number of sulfone groups is 1. The maximum atomic E-state index is 12.8. The van der Waals surface area contributed by atoms with Crippen LogP contribution in [-0.4, -0.2) is 38.7 Å². The molecule has 0 aromatic heterocycles. The predicted octanol–water partition coefficient (Wildman–Crippen LogP) is 7.20. The Labute approximate surface area is 216 Å². The fourth-order valence-electron chi connectivity index (χ4n) is 5.25. The Hall–Kier alpha value is -1.88. The zero-order chi connectivity index (χ0) is 24.5. The standard InChI is InChI=1S/C30H38ClNO2S/c31-29-14-10-27(11-15-29)28-12-16-30(17-13-28)35(33,34)23-7-2-1-6-20-32-21-18-26(19-22-32)24-25-8-4-3-5-9-25/h3-5,8-12,14-17,26,28H,1-2,6-7,13,18-24H2. The molecule has 35 heavy (non-hydrogen) atoms. The average Bonchev–Trinajstić information content (AvgIpc) is 2.88. The number of halogens is 1. The maximum absolute atomic E-state index is 12.8. The van der Waals surface area contributed by atoms with E-state index in [0.29, 0.717) is 4.91 Å². The van der Waals surface area contributed by atoms with E-state index in [0.717, 1.165) is 49.6 Å². The minimum atomic E-state index is -3.19. The molecule has 0 saturated carbocycles. The number of piperidine rings is 1. The highest BCUT2D eigenvalue weighted by Gasteiger charge is 2.21. The van der Waals surface area contributed by atoms with Gasteiger partial charge in [-0.25, -0.2) is 8.42 Å². The molecule has 0 radical (unpaired) electrons. The lowest BCUT2D eigenvalue weighted by Crippen LogP contribution is -2.35. The van der Waals surface area contributed by atoms with E-state index in [4.69, 9.17) is 11.6 Å². The topological polar surface area (TPSA) is 37.4 Å².